The van der Waals surface area contributed by atoms with Gasteiger partial charge in [-0.3, -0.25) is 9.69 Å². The molecule has 2 aromatic carbocycles. The van der Waals surface area contributed by atoms with Gasteiger partial charge in [0.1, 0.15) is 11.6 Å². The minimum atomic E-state index is -4.63. The summed E-state index contributed by atoms with van der Waals surface area (Å²) < 4.78 is 39.6. The van der Waals surface area contributed by atoms with Crippen molar-refractivity contribution < 1.29 is 18.0 Å². The van der Waals surface area contributed by atoms with Gasteiger partial charge in [-0.05, 0) is 23.8 Å². The molecular weight excluding hydrogens is 429 g/mol. The van der Waals surface area contributed by atoms with Crippen molar-refractivity contribution >= 4 is 23.2 Å². The van der Waals surface area contributed by atoms with Crippen LogP contribution < -0.4 is 5.32 Å². The standard InChI is InChI=1S/C22H20ClF3N4O/c23-18-6-7-20(19(12-18)22(24,25)26)28-14-17(13-27)21(31)30-10-8-29(9-11-30)15-16-4-2-1-3-5-16/h1-7,12,14,28H,8-11,15H2/b17-14-. The maximum atomic E-state index is 13.2. The van der Waals surface area contributed by atoms with Crippen LogP contribution in [-0.4, -0.2) is 41.9 Å². The Morgan fingerprint density at radius 1 is 1.13 bits per heavy atom. The van der Waals surface area contributed by atoms with Crippen LogP contribution in [0.1, 0.15) is 11.1 Å². The molecule has 1 aliphatic rings. The van der Waals surface area contributed by atoms with Crippen molar-refractivity contribution in [1.29, 1.82) is 5.26 Å². The summed E-state index contributed by atoms with van der Waals surface area (Å²) in [6, 6.07) is 15.0. The molecule has 1 fully saturated rings. The summed E-state index contributed by atoms with van der Waals surface area (Å²) in [6.07, 6.45) is -3.62. The van der Waals surface area contributed by atoms with E-state index in [1.807, 2.05) is 30.3 Å². The highest BCUT2D eigenvalue weighted by atomic mass is 35.5. The van der Waals surface area contributed by atoms with Crippen molar-refractivity contribution in [2.45, 2.75) is 12.7 Å². The summed E-state index contributed by atoms with van der Waals surface area (Å²) >= 11 is 5.67. The molecule has 31 heavy (non-hydrogen) atoms. The minimum Gasteiger partial charge on any atom is -0.360 e. The zero-order valence-corrected chi connectivity index (χ0v) is 17.2. The first-order valence-corrected chi connectivity index (χ1v) is 9.95. The van der Waals surface area contributed by atoms with Gasteiger partial charge < -0.3 is 10.2 Å². The van der Waals surface area contributed by atoms with Gasteiger partial charge in [-0.25, -0.2) is 0 Å². The van der Waals surface area contributed by atoms with E-state index in [4.69, 9.17) is 11.6 Å². The molecule has 0 aromatic heterocycles. The summed E-state index contributed by atoms with van der Waals surface area (Å²) in [5, 5.41) is 11.7. The number of amides is 1. The molecule has 0 radical (unpaired) electrons. The number of halogens is 4. The van der Waals surface area contributed by atoms with Gasteiger partial charge in [0.15, 0.2) is 0 Å². The minimum absolute atomic E-state index is 0.0631. The van der Waals surface area contributed by atoms with Crippen LogP contribution in [-0.2, 0) is 17.5 Å². The third kappa shape index (κ3) is 6.00. The van der Waals surface area contributed by atoms with Gasteiger partial charge in [0, 0.05) is 43.9 Å². The number of rotatable bonds is 5. The van der Waals surface area contributed by atoms with Crippen LogP contribution in [0.3, 0.4) is 0 Å². The molecule has 5 nitrogen and oxygen atoms in total. The number of hydrogen-bond acceptors (Lipinski definition) is 4. The first-order chi connectivity index (χ1) is 14.8. The number of anilines is 1. The Balaban J connectivity index is 1.64. The summed E-state index contributed by atoms with van der Waals surface area (Å²) in [4.78, 5) is 16.4. The number of hydrogen-bond donors (Lipinski definition) is 1. The molecule has 0 bridgehead atoms. The maximum absolute atomic E-state index is 13.2. The Morgan fingerprint density at radius 3 is 2.42 bits per heavy atom. The van der Waals surface area contributed by atoms with Gasteiger partial charge >= 0.3 is 6.18 Å². The number of carbonyl (C=O) groups excluding carboxylic acids is 1. The molecule has 0 saturated carbocycles. The lowest BCUT2D eigenvalue weighted by Gasteiger charge is -2.34. The normalized spacial score (nSPS) is 15.5. The molecule has 1 N–H and O–H groups in total. The number of nitrogens with zero attached hydrogens (tertiary/aromatic N) is 3. The average Bonchev–Trinajstić information content (AvgIpc) is 2.75. The second-order valence-electron chi connectivity index (χ2n) is 7.06. The topological polar surface area (TPSA) is 59.4 Å². The lowest BCUT2D eigenvalue weighted by Crippen LogP contribution is -2.48. The van der Waals surface area contributed by atoms with E-state index in [2.05, 4.69) is 10.2 Å². The molecule has 0 unspecified atom stereocenters. The highest BCUT2D eigenvalue weighted by Gasteiger charge is 2.33. The van der Waals surface area contributed by atoms with Gasteiger partial charge in [0.05, 0.1) is 11.3 Å². The van der Waals surface area contributed by atoms with Gasteiger partial charge in [-0.15, -0.1) is 0 Å². The van der Waals surface area contributed by atoms with E-state index >= 15 is 0 Å². The second kappa shape index (κ2) is 9.86. The SMILES string of the molecule is N#C/C(=C/Nc1ccc(Cl)cc1C(F)(F)F)C(=O)N1CCN(Cc2ccccc2)CC1. The third-order valence-electron chi connectivity index (χ3n) is 4.92. The maximum Gasteiger partial charge on any atom is 0.418 e. The Hall–Kier alpha value is -3.02. The van der Waals surface area contributed by atoms with Crippen LogP contribution >= 0.6 is 11.6 Å². The lowest BCUT2D eigenvalue weighted by atomic mass is 10.1. The zero-order valence-electron chi connectivity index (χ0n) is 16.5. The highest BCUT2D eigenvalue weighted by Crippen LogP contribution is 2.36. The predicted octanol–water partition coefficient (Wildman–Crippen LogP) is 4.52. The molecule has 0 aliphatic carbocycles. The number of piperazine rings is 1. The van der Waals surface area contributed by atoms with E-state index in [1.165, 1.54) is 16.5 Å². The number of nitrogens with one attached hydrogen (secondary N) is 1. The Bertz CT molecular complexity index is 994. The summed E-state index contributed by atoms with van der Waals surface area (Å²) in [7, 11) is 0. The fourth-order valence-corrected chi connectivity index (χ4v) is 3.46. The molecule has 2 aromatic rings. The van der Waals surface area contributed by atoms with Crippen LogP contribution in [0.4, 0.5) is 18.9 Å². The van der Waals surface area contributed by atoms with Crippen molar-refractivity contribution in [3.63, 3.8) is 0 Å². The Morgan fingerprint density at radius 2 is 1.81 bits per heavy atom. The Labute approximate surface area is 183 Å². The molecule has 1 saturated heterocycles. The number of carbonyl (C=O) groups is 1. The molecule has 1 amide bonds. The molecule has 0 spiro atoms. The van der Waals surface area contributed by atoms with Crippen molar-refractivity contribution in [2.24, 2.45) is 0 Å². The monoisotopic (exact) mass is 448 g/mol. The van der Waals surface area contributed by atoms with Gasteiger partial charge in [0.2, 0.25) is 0 Å². The van der Waals surface area contributed by atoms with Crippen LogP contribution in [0.5, 0.6) is 0 Å². The molecule has 1 aliphatic heterocycles. The van der Waals surface area contributed by atoms with E-state index < -0.39 is 17.6 Å². The van der Waals surface area contributed by atoms with Gasteiger partial charge in [-0.2, -0.15) is 18.4 Å². The van der Waals surface area contributed by atoms with Crippen LogP contribution in [0, 0.1) is 11.3 Å². The lowest BCUT2D eigenvalue weighted by molar-refractivity contribution is -0.137. The molecular formula is C22H20ClF3N4O. The zero-order chi connectivity index (χ0) is 22.4. The molecule has 162 valence electrons. The molecule has 0 atom stereocenters. The molecule has 3 rings (SSSR count). The van der Waals surface area contributed by atoms with Crippen molar-refractivity contribution in [1.82, 2.24) is 9.80 Å². The van der Waals surface area contributed by atoms with Crippen molar-refractivity contribution in [3.05, 3.63) is 76.5 Å². The van der Waals surface area contributed by atoms with E-state index in [9.17, 15) is 23.2 Å². The van der Waals surface area contributed by atoms with E-state index in [0.29, 0.717) is 26.2 Å². The van der Waals surface area contributed by atoms with Gasteiger partial charge in [-0.1, -0.05) is 41.9 Å². The summed E-state index contributed by atoms with van der Waals surface area (Å²) in [5.74, 6) is -0.517. The first kappa shape index (κ1) is 22.7. The smallest absolute Gasteiger partial charge is 0.360 e. The largest absolute Gasteiger partial charge is 0.418 e. The van der Waals surface area contributed by atoms with Crippen LogP contribution in [0.2, 0.25) is 5.02 Å². The summed E-state index contributed by atoms with van der Waals surface area (Å²) in [6.45, 7) is 2.91. The van der Waals surface area contributed by atoms with E-state index in [0.717, 1.165) is 24.9 Å². The van der Waals surface area contributed by atoms with Gasteiger partial charge in [0.25, 0.3) is 5.91 Å². The van der Waals surface area contributed by atoms with Crippen molar-refractivity contribution in [2.75, 3.05) is 31.5 Å². The first-order valence-electron chi connectivity index (χ1n) is 9.57. The number of alkyl halides is 3. The summed E-state index contributed by atoms with van der Waals surface area (Å²) in [5.41, 5.74) is -0.354. The van der Waals surface area contributed by atoms with E-state index in [1.54, 1.807) is 6.07 Å². The average molecular weight is 449 g/mol. The highest BCUT2D eigenvalue weighted by molar-refractivity contribution is 6.30. The van der Waals surface area contributed by atoms with Crippen molar-refractivity contribution in [3.8, 4) is 6.07 Å². The third-order valence-corrected chi connectivity index (χ3v) is 5.15. The Kier molecular flexibility index (Phi) is 7.21. The molecule has 1 heterocycles. The number of benzene rings is 2. The number of nitriles is 1. The fourth-order valence-electron chi connectivity index (χ4n) is 3.29. The predicted molar refractivity (Wildman–Crippen MR) is 112 cm³/mol. The van der Waals surface area contributed by atoms with Crippen LogP contribution in [0.25, 0.3) is 0 Å². The molecule has 9 heteroatoms. The van der Waals surface area contributed by atoms with E-state index in [-0.39, 0.29) is 16.3 Å². The second-order valence-corrected chi connectivity index (χ2v) is 7.49. The quantitative estimate of drug-likeness (QED) is 0.539. The fraction of sp³-hybridized carbons (Fsp3) is 0.273. The van der Waals surface area contributed by atoms with Crippen LogP contribution in [0.15, 0.2) is 60.3 Å².